The van der Waals surface area contributed by atoms with Gasteiger partial charge in [0.15, 0.2) is 0 Å². The fourth-order valence-corrected chi connectivity index (χ4v) is 3.94. The molecule has 0 spiro atoms. The zero-order valence-electron chi connectivity index (χ0n) is 11.7. The van der Waals surface area contributed by atoms with Crippen molar-refractivity contribution in [3.8, 4) is 0 Å². The zero-order chi connectivity index (χ0) is 15.6. The lowest BCUT2D eigenvalue weighted by Crippen LogP contribution is -2.53. The largest absolute Gasteiger partial charge is 0.339 e. The van der Waals surface area contributed by atoms with Crippen LogP contribution in [0.15, 0.2) is 29.2 Å². The molecule has 1 aliphatic heterocycles. The Morgan fingerprint density at radius 3 is 2.43 bits per heavy atom. The van der Waals surface area contributed by atoms with Crippen LogP contribution in [-0.4, -0.2) is 55.8 Å². The maximum Gasteiger partial charge on any atom is 0.243 e. The van der Waals surface area contributed by atoms with Crippen LogP contribution in [0.2, 0.25) is 5.02 Å². The van der Waals surface area contributed by atoms with E-state index < -0.39 is 16.1 Å². The monoisotopic (exact) mass is 331 g/mol. The molecule has 1 aliphatic rings. The summed E-state index contributed by atoms with van der Waals surface area (Å²) in [6, 6.07) is 5.60. The summed E-state index contributed by atoms with van der Waals surface area (Å²) in [5, 5.41) is 0.377. The van der Waals surface area contributed by atoms with Crippen molar-refractivity contribution in [2.45, 2.75) is 17.9 Å². The average Bonchev–Trinajstić information content (AvgIpc) is 2.46. The molecule has 1 aromatic carbocycles. The van der Waals surface area contributed by atoms with Crippen molar-refractivity contribution < 1.29 is 13.2 Å². The molecular weight excluding hydrogens is 314 g/mol. The molecule has 1 amide bonds. The smallest absolute Gasteiger partial charge is 0.243 e. The number of hydrogen-bond acceptors (Lipinski definition) is 4. The Hall–Kier alpha value is -1.15. The molecule has 0 aromatic heterocycles. The first kappa shape index (κ1) is 16.2. The van der Waals surface area contributed by atoms with Crippen molar-refractivity contribution >= 4 is 27.5 Å². The third-order valence-electron chi connectivity index (χ3n) is 3.37. The van der Waals surface area contributed by atoms with Crippen LogP contribution in [0.4, 0.5) is 0 Å². The van der Waals surface area contributed by atoms with E-state index in [4.69, 9.17) is 17.3 Å². The molecule has 116 valence electrons. The van der Waals surface area contributed by atoms with E-state index in [9.17, 15) is 13.2 Å². The van der Waals surface area contributed by atoms with Gasteiger partial charge in [-0.25, -0.2) is 8.42 Å². The number of hydrogen-bond donors (Lipinski definition) is 1. The highest BCUT2D eigenvalue weighted by Gasteiger charge is 2.30. The second-order valence-corrected chi connectivity index (χ2v) is 7.35. The highest BCUT2D eigenvalue weighted by Crippen LogP contribution is 2.20. The summed E-state index contributed by atoms with van der Waals surface area (Å²) in [6.45, 7) is 2.83. The Labute approximate surface area is 129 Å². The summed E-state index contributed by atoms with van der Waals surface area (Å²) >= 11 is 5.84. The zero-order valence-corrected chi connectivity index (χ0v) is 13.3. The molecule has 21 heavy (non-hydrogen) atoms. The van der Waals surface area contributed by atoms with E-state index in [0.717, 1.165) is 0 Å². The minimum Gasteiger partial charge on any atom is -0.339 e. The van der Waals surface area contributed by atoms with Gasteiger partial charge >= 0.3 is 0 Å². The van der Waals surface area contributed by atoms with Crippen molar-refractivity contribution in [2.24, 2.45) is 5.73 Å². The number of sulfonamides is 1. The van der Waals surface area contributed by atoms with Gasteiger partial charge in [0.1, 0.15) is 0 Å². The van der Waals surface area contributed by atoms with Crippen LogP contribution in [0.25, 0.3) is 0 Å². The molecule has 0 bridgehead atoms. The van der Waals surface area contributed by atoms with Crippen molar-refractivity contribution in [3.63, 3.8) is 0 Å². The van der Waals surface area contributed by atoms with E-state index in [2.05, 4.69) is 0 Å². The number of nitrogens with two attached hydrogens (primary N) is 1. The van der Waals surface area contributed by atoms with Crippen molar-refractivity contribution in [2.75, 3.05) is 26.2 Å². The fraction of sp³-hybridized carbons (Fsp3) is 0.462. The highest BCUT2D eigenvalue weighted by atomic mass is 35.5. The van der Waals surface area contributed by atoms with E-state index in [1.807, 2.05) is 0 Å². The first-order valence-electron chi connectivity index (χ1n) is 6.62. The molecule has 1 fully saturated rings. The van der Waals surface area contributed by atoms with E-state index in [1.54, 1.807) is 24.0 Å². The van der Waals surface area contributed by atoms with Crippen LogP contribution in [0.3, 0.4) is 0 Å². The van der Waals surface area contributed by atoms with Gasteiger partial charge in [-0.15, -0.1) is 0 Å². The Kier molecular flexibility index (Phi) is 4.88. The minimum absolute atomic E-state index is 0.158. The number of nitrogens with zero attached hydrogens (tertiary/aromatic N) is 2. The maximum absolute atomic E-state index is 12.5. The first-order chi connectivity index (χ1) is 9.82. The van der Waals surface area contributed by atoms with Gasteiger partial charge in [0.2, 0.25) is 15.9 Å². The summed E-state index contributed by atoms with van der Waals surface area (Å²) in [5.41, 5.74) is 5.56. The Bertz CT molecular complexity index is 625. The molecule has 0 saturated carbocycles. The topological polar surface area (TPSA) is 83.7 Å². The van der Waals surface area contributed by atoms with Crippen molar-refractivity contribution in [1.82, 2.24) is 9.21 Å². The van der Waals surface area contributed by atoms with Gasteiger partial charge in [-0.2, -0.15) is 4.31 Å². The average molecular weight is 332 g/mol. The van der Waals surface area contributed by atoms with Gasteiger partial charge in [-0.1, -0.05) is 17.7 Å². The predicted octanol–water partition coefficient (Wildman–Crippen LogP) is 0.520. The minimum atomic E-state index is -3.57. The summed E-state index contributed by atoms with van der Waals surface area (Å²) in [6.07, 6.45) is 0. The second kappa shape index (κ2) is 6.31. The summed E-state index contributed by atoms with van der Waals surface area (Å²) in [7, 11) is -3.57. The van der Waals surface area contributed by atoms with Gasteiger partial charge in [-0.3, -0.25) is 4.79 Å². The number of carbonyl (C=O) groups excluding carboxylic acids is 1. The molecule has 6 nitrogen and oxygen atoms in total. The third kappa shape index (κ3) is 3.55. The van der Waals surface area contributed by atoms with Crippen molar-refractivity contribution in [3.05, 3.63) is 29.3 Å². The van der Waals surface area contributed by atoms with E-state index >= 15 is 0 Å². The third-order valence-corrected chi connectivity index (χ3v) is 5.50. The predicted molar refractivity (Wildman–Crippen MR) is 80.4 cm³/mol. The maximum atomic E-state index is 12.5. The molecule has 2 N–H and O–H groups in total. The van der Waals surface area contributed by atoms with E-state index in [0.29, 0.717) is 18.1 Å². The Balaban J connectivity index is 2.10. The second-order valence-electron chi connectivity index (χ2n) is 4.98. The number of benzene rings is 1. The quantitative estimate of drug-likeness (QED) is 0.875. The van der Waals surface area contributed by atoms with Crippen LogP contribution in [-0.2, 0) is 14.8 Å². The van der Waals surface area contributed by atoms with Gasteiger partial charge in [0.05, 0.1) is 10.9 Å². The van der Waals surface area contributed by atoms with E-state index in [1.165, 1.54) is 16.4 Å². The molecule has 1 unspecified atom stereocenters. The lowest BCUT2D eigenvalue weighted by Gasteiger charge is -2.34. The summed E-state index contributed by atoms with van der Waals surface area (Å²) in [4.78, 5) is 13.5. The number of carbonyl (C=O) groups is 1. The first-order valence-corrected chi connectivity index (χ1v) is 8.44. The Morgan fingerprint density at radius 1 is 1.29 bits per heavy atom. The number of amides is 1. The van der Waals surface area contributed by atoms with Gasteiger partial charge in [0.25, 0.3) is 0 Å². The number of rotatable bonds is 3. The molecule has 8 heteroatoms. The standard InChI is InChI=1S/C13H18ClN3O3S/c1-10(15)13(18)16-5-7-17(8-6-16)21(19,20)12-4-2-3-11(14)9-12/h2-4,9-10H,5-8,15H2,1H3. The molecule has 2 rings (SSSR count). The normalized spacial score (nSPS) is 18.5. The molecule has 0 radical (unpaired) electrons. The van der Waals surface area contributed by atoms with Crippen LogP contribution in [0.5, 0.6) is 0 Å². The molecule has 1 atom stereocenters. The lowest BCUT2D eigenvalue weighted by molar-refractivity contribution is -0.133. The number of halogens is 1. The number of piperazine rings is 1. The molecule has 1 heterocycles. The Morgan fingerprint density at radius 2 is 1.90 bits per heavy atom. The van der Waals surface area contributed by atoms with Gasteiger partial charge in [0, 0.05) is 31.2 Å². The van der Waals surface area contributed by atoms with Gasteiger partial charge < -0.3 is 10.6 Å². The van der Waals surface area contributed by atoms with Crippen LogP contribution >= 0.6 is 11.6 Å². The lowest BCUT2D eigenvalue weighted by atomic mass is 10.2. The molecular formula is C13H18ClN3O3S. The SMILES string of the molecule is CC(N)C(=O)N1CCN(S(=O)(=O)c2cccc(Cl)c2)CC1. The van der Waals surface area contributed by atoms with Crippen LogP contribution in [0.1, 0.15) is 6.92 Å². The van der Waals surface area contributed by atoms with Crippen LogP contribution < -0.4 is 5.73 Å². The fourth-order valence-electron chi connectivity index (χ4n) is 2.21. The van der Waals surface area contributed by atoms with Crippen LogP contribution in [0, 0.1) is 0 Å². The molecule has 1 saturated heterocycles. The summed E-state index contributed by atoms with van der Waals surface area (Å²) < 4.78 is 26.3. The van der Waals surface area contributed by atoms with Gasteiger partial charge in [-0.05, 0) is 25.1 Å². The molecule has 0 aliphatic carbocycles. The summed E-state index contributed by atoms with van der Waals surface area (Å²) in [5.74, 6) is -0.158. The molecule has 1 aromatic rings. The highest BCUT2D eigenvalue weighted by molar-refractivity contribution is 7.89. The van der Waals surface area contributed by atoms with E-state index in [-0.39, 0.29) is 23.9 Å². The van der Waals surface area contributed by atoms with Crippen molar-refractivity contribution in [1.29, 1.82) is 0 Å².